The van der Waals surface area contributed by atoms with Crippen molar-refractivity contribution < 1.29 is 27.8 Å². The minimum atomic E-state index is -3.69. The number of fused-ring (bicyclic) bond motifs is 1. The Morgan fingerprint density at radius 3 is 2.75 bits per heavy atom. The first-order chi connectivity index (χ1) is 13.5. The lowest BCUT2D eigenvalue weighted by Gasteiger charge is -2.28. The van der Waals surface area contributed by atoms with Crippen LogP contribution in [-0.2, 0) is 11.3 Å². The topological polar surface area (TPSA) is 85.0 Å². The van der Waals surface area contributed by atoms with Crippen molar-refractivity contribution in [2.45, 2.75) is 12.8 Å². The third-order valence-corrected chi connectivity index (χ3v) is 4.26. The number of hydrogen-bond acceptors (Lipinski definition) is 6. The predicted molar refractivity (Wildman–Crippen MR) is 95.8 cm³/mol. The molecule has 1 aromatic heterocycles. The summed E-state index contributed by atoms with van der Waals surface area (Å²) in [6.07, 6.45) is -2.00. The average molecular weight is 392 g/mol. The number of pyridine rings is 1. The summed E-state index contributed by atoms with van der Waals surface area (Å²) in [5.41, 5.74) is 1.19. The molecule has 0 saturated carbocycles. The third kappa shape index (κ3) is 4.22. The molecule has 0 bridgehead atoms. The number of alkyl halides is 2. The van der Waals surface area contributed by atoms with Crippen LogP contribution in [0.5, 0.6) is 11.5 Å². The Morgan fingerprint density at radius 1 is 1.14 bits per heavy atom. The summed E-state index contributed by atoms with van der Waals surface area (Å²) in [7, 11) is 0. The number of morpholine rings is 1. The number of hydrogen-bond donors (Lipinski definition) is 2. The van der Waals surface area contributed by atoms with Gasteiger partial charge in [-0.2, -0.15) is 0 Å². The maximum Gasteiger partial charge on any atom is 0.586 e. The van der Waals surface area contributed by atoms with Gasteiger partial charge >= 0.3 is 12.3 Å². The number of anilines is 2. The zero-order chi connectivity index (χ0) is 19.6. The molecule has 0 atom stereocenters. The molecule has 4 rings (SSSR count). The van der Waals surface area contributed by atoms with E-state index in [0.29, 0.717) is 18.9 Å². The van der Waals surface area contributed by atoms with Gasteiger partial charge in [-0.3, -0.25) is 0 Å². The van der Waals surface area contributed by atoms with Crippen LogP contribution in [0, 0.1) is 0 Å². The highest BCUT2D eigenvalue weighted by molar-refractivity contribution is 5.89. The minimum absolute atomic E-state index is 0.0802. The first-order valence-electron chi connectivity index (χ1n) is 8.71. The number of urea groups is 1. The average Bonchev–Trinajstić information content (AvgIpc) is 3.00. The Labute approximate surface area is 159 Å². The fraction of sp³-hybridized carbons (Fsp3) is 0.333. The zero-order valence-electron chi connectivity index (χ0n) is 14.8. The van der Waals surface area contributed by atoms with E-state index in [1.807, 2.05) is 12.1 Å². The molecule has 1 fully saturated rings. The molecule has 1 aromatic carbocycles. The van der Waals surface area contributed by atoms with Gasteiger partial charge < -0.3 is 29.7 Å². The van der Waals surface area contributed by atoms with Gasteiger partial charge in [-0.25, -0.2) is 9.78 Å². The minimum Gasteiger partial charge on any atom is -0.395 e. The summed E-state index contributed by atoms with van der Waals surface area (Å²) in [6, 6.07) is 7.28. The number of nitrogens with zero attached hydrogens (tertiary/aromatic N) is 2. The molecule has 0 unspecified atom stereocenters. The largest absolute Gasteiger partial charge is 0.586 e. The highest BCUT2D eigenvalue weighted by Crippen LogP contribution is 2.42. The van der Waals surface area contributed by atoms with E-state index < -0.39 is 12.3 Å². The third-order valence-electron chi connectivity index (χ3n) is 4.26. The number of aromatic nitrogens is 1. The maximum atomic E-state index is 13.0. The van der Waals surface area contributed by atoms with E-state index in [9.17, 15) is 13.6 Å². The second-order valence-corrected chi connectivity index (χ2v) is 6.26. The molecule has 2 aromatic rings. The van der Waals surface area contributed by atoms with Gasteiger partial charge in [0.15, 0.2) is 11.5 Å². The van der Waals surface area contributed by atoms with Crippen molar-refractivity contribution in [2.75, 3.05) is 36.5 Å². The van der Waals surface area contributed by atoms with Crippen LogP contribution in [0.4, 0.5) is 25.1 Å². The molecule has 0 spiro atoms. The Balaban J connectivity index is 1.33. The number of benzene rings is 1. The van der Waals surface area contributed by atoms with Gasteiger partial charge in [0.25, 0.3) is 0 Å². The van der Waals surface area contributed by atoms with Crippen molar-refractivity contribution in [2.24, 2.45) is 0 Å². The van der Waals surface area contributed by atoms with E-state index in [0.717, 1.165) is 24.5 Å². The van der Waals surface area contributed by atoms with Gasteiger partial charge in [-0.15, -0.1) is 8.78 Å². The Hall–Kier alpha value is -3.14. The first-order valence-corrected chi connectivity index (χ1v) is 8.71. The molecule has 10 heteroatoms. The summed E-state index contributed by atoms with van der Waals surface area (Å²) in [6.45, 7) is 3.15. The number of halogens is 2. The lowest BCUT2D eigenvalue weighted by molar-refractivity contribution is -0.286. The van der Waals surface area contributed by atoms with Crippen molar-refractivity contribution in [3.8, 4) is 11.5 Å². The van der Waals surface area contributed by atoms with Gasteiger partial charge in [0.05, 0.1) is 13.2 Å². The van der Waals surface area contributed by atoms with Crippen molar-refractivity contribution in [1.29, 1.82) is 0 Å². The van der Waals surface area contributed by atoms with Gasteiger partial charge in [0.1, 0.15) is 5.82 Å². The molecule has 3 heterocycles. The van der Waals surface area contributed by atoms with Gasteiger partial charge in [0, 0.05) is 37.6 Å². The molecular weight excluding hydrogens is 374 g/mol. The monoisotopic (exact) mass is 392 g/mol. The Kier molecular flexibility index (Phi) is 4.86. The van der Waals surface area contributed by atoms with Crippen LogP contribution in [0.25, 0.3) is 0 Å². The highest BCUT2D eigenvalue weighted by atomic mass is 19.3. The summed E-state index contributed by atoms with van der Waals surface area (Å²) >= 11 is 0. The molecule has 148 valence electrons. The zero-order valence-corrected chi connectivity index (χ0v) is 14.8. The normalized spacial score (nSPS) is 17.3. The van der Waals surface area contributed by atoms with Crippen molar-refractivity contribution in [3.63, 3.8) is 0 Å². The van der Waals surface area contributed by atoms with E-state index in [1.165, 1.54) is 18.2 Å². The summed E-state index contributed by atoms with van der Waals surface area (Å²) < 4.78 is 40.1. The molecule has 1 saturated heterocycles. The fourth-order valence-corrected chi connectivity index (χ4v) is 2.92. The fourth-order valence-electron chi connectivity index (χ4n) is 2.92. The highest BCUT2D eigenvalue weighted by Gasteiger charge is 2.43. The number of rotatable bonds is 4. The van der Waals surface area contributed by atoms with E-state index in [2.05, 4.69) is 30.0 Å². The quantitative estimate of drug-likeness (QED) is 0.832. The number of ether oxygens (including phenoxy) is 3. The molecule has 2 aliphatic rings. The number of carbonyl (C=O) groups is 1. The first kappa shape index (κ1) is 18.2. The van der Waals surface area contributed by atoms with Crippen LogP contribution in [0.3, 0.4) is 0 Å². The van der Waals surface area contributed by atoms with Gasteiger partial charge in [0.2, 0.25) is 0 Å². The van der Waals surface area contributed by atoms with E-state index in [4.69, 9.17) is 4.74 Å². The molecule has 2 amide bonds. The van der Waals surface area contributed by atoms with Crippen molar-refractivity contribution >= 4 is 17.5 Å². The molecule has 0 radical (unpaired) electrons. The van der Waals surface area contributed by atoms with Crippen LogP contribution in [0.1, 0.15) is 5.56 Å². The number of nitrogens with one attached hydrogen (secondary N) is 2. The lowest BCUT2D eigenvalue weighted by Crippen LogP contribution is -2.36. The molecule has 28 heavy (non-hydrogen) atoms. The molecule has 0 aliphatic carbocycles. The van der Waals surface area contributed by atoms with E-state index in [-0.39, 0.29) is 18.0 Å². The Morgan fingerprint density at radius 2 is 1.93 bits per heavy atom. The summed E-state index contributed by atoms with van der Waals surface area (Å²) in [4.78, 5) is 18.6. The summed E-state index contributed by atoms with van der Waals surface area (Å²) in [5, 5.41) is 5.29. The SMILES string of the molecule is O=C(NCc1ccnc(N2CCOCC2)c1)Nc1ccc2c(c1)OC(F)(F)O2. The summed E-state index contributed by atoms with van der Waals surface area (Å²) in [5.74, 6) is 0.621. The van der Waals surface area contributed by atoms with Crippen LogP contribution in [0.15, 0.2) is 36.5 Å². The van der Waals surface area contributed by atoms with E-state index in [1.54, 1.807) is 6.20 Å². The maximum absolute atomic E-state index is 13.0. The molecule has 2 aliphatic heterocycles. The second kappa shape index (κ2) is 7.47. The van der Waals surface area contributed by atoms with Crippen LogP contribution in [0.2, 0.25) is 0 Å². The van der Waals surface area contributed by atoms with Gasteiger partial charge in [-0.1, -0.05) is 0 Å². The number of amides is 2. The van der Waals surface area contributed by atoms with Crippen LogP contribution in [-0.4, -0.2) is 43.6 Å². The lowest BCUT2D eigenvalue weighted by atomic mass is 10.2. The van der Waals surface area contributed by atoms with Gasteiger partial charge in [-0.05, 0) is 29.8 Å². The van der Waals surface area contributed by atoms with E-state index >= 15 is 0 Å². The standard InChI is InChI=1S/C18H18F2N4O4/c19-18(20)27-14-2-1-13(10-15(14)28-18)23-17(25)22-11-12-3-4-21-16(9-12)24-5-7-26-8-6-24/h1-4,9-10H,5-8,11H2,(H2,22,23,25). The Bertz CT molecular complexity index is 874. The van der Waals surface area contributed by atoms with Crippen molar-refractivity contribution in [1.82, 2.24) is 10.3 Å². The number of carbonyl (C=O) groups excluding carboxylic acids is 1. The van der Waals surface area contributed by atoms with Crippen LogP contribution >= 0.6 is 0 Å². The molecule has 2 N–H and O–H groups in total. The molecule has 8 nitrogen and oxygen atoms in total. The predicted octanol–water partition coefficient (Wildman–Crippen LogP) is 2.56. The van der Waals surface area contributed by atoms with Crippen molar-refractivity contribution in [3.05, 3.63) is 42.1 Å². The van der Waals surface area contributed by atoms with Crippen LogP contribution < -0.4 is 25.0 Å². The smallest absolute Gasteiger partial charge is 0.395 e. The second-order valence-electron chi connectivity index (χ2n) is 6.26. The molecular formula is C18H18F2N4O4.